The standard InChI is InChI=1S/C16H25BrN2OS/c1-5-19(6-2)8-7-18-16(20)11-21-15-10-12(3)14(17)9-13(15)4/h9-10H,5-8,11H2,1-4H3,(H,18,20). The number of nitrogens with one attached hydrogen (secondary N) is 1. The molecular formula is C16H25BrN2OS. The van der Waals surface area contributed by atoms with E-state index in [9.17, 15) is 4.79 Å². The Morgan fingerprint density at radius 3 is 2.52 bits per heavy atom. The molecule has 3 nitrogen and oxygen atoms in total. The van der Waals surface area contributed by atoms with Crippen molar-refractivity contribution in [3.63, 3.8) is 0 Å². The molecule has 0 unspecified atom stereocenters. The monoisotopic (exact) mass is 372 g/mol. The van der Waals surface area contributed by atoms with Gasteiger partial charge in [0.15, 0.2) is 0 Å². The Morgan fingerprint density at radius 1 is 1.24 bits per heavy atom. The number of halogens is 1. The van der Waals surface area contributed by atoms with Crippen LogP contribution in [-0.4, -0.2) is 42.7 Å². The lowest BCUT2D eigenvalue weighted by Gasteiger charge is -2.18. The molecular weight excluding hydrogens is 348 g/mol. The first-order valence-electron chi connectivity index (χ1n) is 7.36. The van der Waals surface area contributed by atoms with Gasteiger partial charge in [0.2, 0.25) is 5.91 Å². The minimum absolute atomic E-state index is 0.104. The molecule has 21 heavy (non-hydrogen) atoms. The highest BCUT2D eigenvalue weighted by Crippen LogP contribution is 2.28. The van der Waals surface area contributed by atoms with Crippen LogP contribution in [0, 0.1) is 13.8 Å². The van der Waals surface area contributed by atoms with Crippen LogP contribution in [0.1, 0.15) is 25.0 Å². The first kappa shape index (κ1) is 18.5. The van der Waals surface area contributed by atoms with Crippen molar-refractivity contribution in [2.24, 2.45) is 0 Å². The average molecular weight is 373 g/mol. The van der Waals surface area contributed by atoms with E-state index >= 15 is 0 Å². The van der Waals surface area contributed by atoms with Crippen molar-refractivity contribution < 1.29 is 4.79 Å². The summed E-state index contributed by atoms with van der Waals surface area (Å²) in [6.45, 7) is 12.1. The Balaban J connectivity index is 2.38. The van der Waals surface area contributed by atoms with Gasteiger partial charge in [0.05, 0.1) is 5.75 Å². The largest absolute Gasteiger partial charge is 0.354 e. The molecule has 0 aliphatic heterocycles. The second kappa shape index (κ2) is 9.49. The van der Waals surface area contributed by atoms with Crippen molar-refractivity contribution in [1.82, 2.24) is 10.2 Å². The number of carbonyl (C=O) groups is 1. The van der Waals surface area contributed by atoms with Crippen LogP contribution in [0.15, 0.2) is 21.5 Å². The fraction of sp³-hybridized carbons (Fsp3) is 0.562. The molecule has 0 radical (unpaired) electrons. The lowest BCUT2D eigenvalue weighted by Crippen LogP contribution is -2.35. The lowest BCUT2D eigenvalue weighted by atomic mass is 10.2. The molecule has 0 aliphatic rings. The first-order chi connectivity index (χ1) is 9.97. The van der Waals surface area contributed by atoms with Crippen LogP contribution in [0.2, 0.25) is 0 Å². The minimum Gasteiger partial charge on any atom is -0.354 e. The predicted molar refractivity (Wildman–Crippen MR) is 95.1 cm³/mol. The molecule has 0 heterocycles. The molecule has 118 valence electrons. The molecule has 0 spiro atoms. The highest BCUT2D eigenvalue weighted by molar-refractivity contribution is 9.10. The molecule has 0 aromatic heterocycles. The summed E-state index contributed by atoms with van der Waals surface area (Å²) in [6, 6.07) is 4.24. The van der Waals surface area contributed by atoms with Gasteiger partial charge >= 0.3 is 0 Å². The van der Waals surface area contributed by atoms with E-state index in [4.69, 9.17) is 0 Å². The van der Waals surface area contributed by atoms with Crippen LogP contribution in [-0.2, 0) is 4.79 Å². The van der Waals surface area contributed by atoms with E-state index in [0.717, 1.165) is 30.7 Å². The molecule has 0 aliphatic carbocycles. The molecule has 1 rings (SSSR count). The number of nitrogens with zero attached hydrogens (tertiary/aromatic N) is 1. The normalized spacial score (nSPS) is 11.0. The molecule has 0 bridgehead atoms. The van der Waals surface area contributed by atoms with Crippen LogP contribution in [0.25, 0.3) is 0 Å². The smallest absolute Gasteiger partial charge is 0.230 e. The number of aryl methyl sites for hydroxylation is 2. The van der Waals surface area contributed by atoms with Gasteiger partial charge in [-0.2, -0.15) is 0 Å². The van der Waals surface area contributed by atoms with Gasteiger partial charge in [-0.3, -0.25) is 4.79 Å². The molecule has 1 aromatic carbocycles. The number of rotatable bonds is 8. The summed E-state index contributed by atoms with van der Waals surface area (Å²) in [5.41, 5.74) is 2.40. The van der Waals surface area contributed by atoms with E-state index < -0.39 is 0 Å². The number of carbonyl (C=O) groups excluding carboxylic acids is 1. The summed E-state index contributed by atoms with van der Waals surface area (Å²) in [5, 5.41) is 2.99. The van der Waals surface area contributed by atoms with Gasteiger partial charge in [0, 0.05) is 22.5 Å². The number of thioether (sulfide) groups is 1. The zero-order valence-electron chi connectivity index (χ0n) is 13.3. The Labute approximate surface area is 141 Å². The van der Waals surface area contributed by atoms with Gasteiger partial charge in [-0.1, -0.05) is 29.8 Å². The molecule has 1 aromatic rings. The van der Waals surface area contributed by atoms with Crippen molar-refractivity contribution in [3.8, 4) is 0 Å². The molecule has 1 N–H and O–H groups in total. The fourth-order valence-electron chi connectivity index (χ4n) is 2.00. The van der Waals surface area contributed by atoms with Crippen molar-refractivity contribution in [2.45, 2.75) is 32.6 Å². The minimum atomic E-state index is 0.104. The average Bonchev–Trinajstić information content (AvgIpc) is 2.46. The van der Waals surface area contributed by atoms with E-state index in [-0.39, 0.29) is 5.91 Å². The summed E-state index contributed by atoms with van der Waals surface area (Å²) in [4.78, 5) is 15.4. The van der Waals surface area contributed by atoms with Crippen molar-refractivity contribution >= 4 is 33.6 Å². The van der Waals surface area contributed by atoms with Crippen LogP contribution in [0.4, 0.5) is 0 Å². The number of amides is 1. The Bertz CT molecular complexity index is 476. The molecule has 0 saturated carbocycles. The Morgan fingerprint density at radius 2 is 1.90 bits per heavy atom. The van der Waals surface area contributed by atoms with Crippen LogP contribution < -0.4 is 5.32 Å². The Kier molecular flexibility index (Phi) is 8.37. The predicted octanol–water partition coefficient (Wildman–Crippen LogP) is 3.62. The summed E-state index contributed by atoms with van der Waals surface area (Å²) in [7, 11) is 0. The van der Waals surface area contributed by atoms with Crippen molar-refractivity contribution in [2.75, 3.05) is 31.9 Å². The van der Waals surface area contributed by atoms with Gasteiger partial charge in [-0.25, -0.2) is 0 Å². The van der Waals surface area contributed by atoms with Gasteiger partial charge < -0.3 is 10.2 Å². The van der Waals surface area contributed by atoms with Crippen LogP contribution in [0.5, 0.6) is 0 Å². The summed E-state index contributed by atoms with van der Waals surface area (Å²) < 4.78 is 1.12. The zero-order chi connectivity index (χ0) is 15.8. The second-order valence-corrected chi connectivity index (χ2v) is 6.90. The maximum atomic E-state index is 11.9. The summed E-state index contributed by atoms with van der Waals surface area (Å²) in [6.07, 6.45) is 0. The third kappa shape index (κ3) is 6.41. The lowest BCUT2D eigenvalue weighted by molar-refractivity contribution is -0.118. The van der Waals surface area contributed by atoms with Gasteiger partial charge in [0.1, 0.15) is 0 Å². The zero-order valence-corrected chi connectivity index (χ0v) is 15.7. The number of benzene rings is 1. The number of likely N-dealkylation sites (N-methyl/N-ethyl adjacent to an activating group) is 1. The highest BCUT2D eigenvalue weighted by Gasteiger charge is 2.07. The van der Waals surface area contributed by atoms with Gasteiger partial charge in [-0.15, -0.1) is 11.8 Å². The van der Waals surface area contributed by atoms with Crippen LogP contribution >= 0.6 is 27.7 Å². The van der Waals surface area contributed by atoms with E-state index in [0.29, 0.717) is 5.75 Å². The summed E-state index contributed by atoms with van der Waals surface area (Å²) >= 11 is 5.13. The molecule has 1 amide bonds. The van der Waals surface area contributed by atoms with Gasteiger partial charge in [-0.05, 0) is 50.2 Å². The Hall–Kier alpha value is -0.520. The van der Waals surface area contributed by atoms with Crippen LogP contribution in [0.3, 0.4) is 0 Å². The SMILES string of the molecule is CCN(CC)CCNC(=O)CSc1cc(C)c(Br)cc1C. The van der Waals surface area contributed by atoms with E-state index in [1.54, 1.807) is 11.8 Å². The molecule has 0 saturated heterocycles. The molecule has 0 fully saturated rings. The topological polar surface area (TPSA) is 32.3 Å². The fourth-order valence-corrected chi connectivity index (χ4v) is 3.39. The molecule has 5 heteroatoms. The third-order valence-corrected chi connectivity index (χ3v) is 5.47. The van der Waals surface area contributed by atoms with E-state index in [2.05, 4.69) is 66.0 Å². The maximum Gasteiger partial charge on any atom is 0.230 e. The molecule has 0 atom stereocenters. The third-order valence-electron chi connectivity index (χ3n) is 3.46. The highest BCUT2D eigenvalue weighted by atomic mass is 79.9. The van der Waals surface area contributed by atoms with Crippen molar-refractivity contribution in [1.29, 1.82) is 0 Å². The van der Waals surface area contributed by atoms with Gasteiger partial charge in [0.25, 0.3) is 0 Å². The second-order valence-electron chi connectivity index (χ2n) is 5.03. The number of hydrogen-bond donors (Lipinski definition) is 1. The number of hydrogen-bond acceptors (Lipinski definition) is 3. The summed E-state index contributed by atoms with van der Waals surface area (Å²) in [5.74, 6) is 0.576. The van der Waals surface area contributed by atoms with E-state index in [1.165, 1.54) is 16.0 Å². The van der Waals surface area contributed by atoms with E-state index in [1.807, 2.05) is 0 Å². The quantitative estimate of drug-likeness (QED) is 0.707. The maximum absolute atomic E-state index is 11.9. The first-order valence-corrected chi connectivity index (χ1v) is 9.14. The van der Waals surface area contributed by atoms with Crippen molar-refractivity contribution in [3.05, 3.63) is 27.7 Å².